The predicted molar refractivity (Wildman–Crippen MR) is 76.4 cm³/mol. The maximum atomic E-state index is 10.8. The molecule has 0 fully saturated rings. The molecule has 0 amide bonds. The summed E-state index contributed by atoms with van der Waals surface area (Å²) in [6.45, 7) is 10.6. The van der Waals surface area contributed by atoms with Gasteiger partial charge in [-0.05, 0) is 50.7 Å². The molecule has 0 aliphatic heterocycles. The van der Waals surface area contributed by atoms with Gasteiger partial charge in [0, 0.05) is 0 Å². The van der Waals surface area contributed by atoms with Crippen LogP contribution in [0.25, 0.3) is 0 Å². The number of allylic oxidation sites excluding steroid dienone is 4. The smallest absolute Gasteiger partial charge is 0.875 e. The molecule has 0 saturated carbocycles. The first-order valence-electron chi connectivity index (χ1n) is 6.80. The Hall–Kier alpha value is -1.06. The molecule has 0 spiro atoms. The minimum atomic E-state index is -0.161. The van der Waals surface area contributed by atoms with E-state index in [2.05, 4.69) is 0 Å². The van der Waals surface area contributed by atoms with Crippen LogP contribution in [0, 0.1) is 11.8 Å². The standard InChI is InChI=1S/2C8H14O2.Fe/c2*1-6(2)4-8(10)5-7(3)9;/h2*5-6,10H,4H2,1-3H3;/q;;+2/p-2. The average molecular weight is 338 g/mol. The molecule has 0 aliphatic rings. The number of carbonyl (C=O) groups is 2. The minimum Gasteiger partial charge on any atom is -0.875 e. The minimum absolute atomic E-state index is 0. The van der Waals surface area contributed by atoms with Crippen molar-refractivity contribution in [1.29, 1.82) is 0 Å². The van der Waals surface area contributed by atoms with Gasteiger partial charge in [-0.25, -0.2) is 0 Å². The summed E-state index contributed by atoms with van der Waals surface area (Å²) in [5.41, 5.74) is 0. The molecule has 0 N–H and O–H groups in total. The monoisotopic (exact) mass is 338 g/mol. The number of rotatable bonds is 6. The molecule has 0 rings (SSSR count). The molecule has 0 atom stereocenters. The Kier molecular flexibility index (Phi) is 16.5. The van der Waals surface area contributed by atoms with E-state index in [4.69, 9.17) is 0 Å². The fraction of sp³-hybridized carbons (Fsp3) is 0.625. The van der Waals surface area contributed by atoms with Gasteiger partial charge in [0.1, 0.15) is 0 Å². The first kappa shape index (κ1) is 24.9. The number of hydrogen-bond donors (Lipinski definition) is 0. The summed E-state index contributed by atoms with van der Waals surface area (Å²) in [5.74, 6) is 0.215. The van der Waals surface area contributed by atoms with Gasteiger partial charge in [-0.2, -0.15) is 0 Å². The summed E-state index contributed by atoms with van der Waals surface area (Å²) in [6.07, 6.45) is 3.25. The average Bonchev–Trinajstić information content (AvgIpc) is 2.11. The Labute approximate surface area is 138 Å². The van der Waals surface area contributed by atoms with Crippen molar-refractivity contribution in [2.24, 2.45) is 11.8 Å². The van der Waals surface area contributed by atoms with Gasteiger partial charge in [-0.1, -0.05) is 27.7 Å². The second kappa shape index (κ2) is 13.9. The van der Waals surface area contributed by atoms with Crippen LogP contribution in [0.2, 0.25) is 0 Å². The molecule has 0 radical (unpaired) electrons. The van der Waals surface area contributed by atoms with Crippen LogP contribution < -0.4 is 10.2 Å². The quantitative estimate of drug-likeness (QED) is 0.420. The Morgan fingerprint density at radius 1 is 0.810 bits per heavy atom. The van der Waals surface area contributed by atoms with E-state index in [1.165, 1.54) is 13.8 Å². The molecule has 4 nitrogen and oxygen atoms in total. The Balaban J connectivity index is -0.000000295. The SMILES string of the molecule is CC(=O)C=C([O-])CC(C)C.CC(=O)C=C([O-])CC(C)C.[Fe+2]. The van der Waals surface area contributed by atoms with E-state index < -0.39 is 0 Å². The van der Waals surface area contributed by atoms with Crippen LogP contribution >= 0.6 is 0 Å². The second-order valence-electron chi connectivity index (χ2n) is 5.64. The predicted octanol–water partition coefficient (Wildman–Crippen LogP) is 1.73. The van der Waals surface area contributed by atoms with Gasteiger partial charge < -0.3 is 10.2 Å². The summed E-state index contributed by atoms with van der Waals surface area (Å²) < 4.78 is 0. The Morgan fingerprint density at radius 2 is 1.05 bits per heavy atom. The fourth-order valence-corrected chi connectivity index (χ4v) is 1.38. The number of ketones is 2. The third-order valence-corrected chi connectivity index (χ3v) is 1.95. The molecule has 0 bridgehead atoms. The van der Waals surface area contributed by atoms with Crippen molar-refractivity contribution in [1.82, 2.24) is 0 Å². The van der Waals surface area contributed by atoms with E-state index in [1.807, 2.05) is 27.7 Å². The normalized spacial score (nSPS) is 11.6. The summed E-state index contributed by atoms with van der Waals surface area (Å²) in [5, 5.41) is 21.6. The van der Waals surface area contributed by atoms with Crippen molar-refractivity contribution < 1.29 is 36.9 Å². The third kappa shape index (κ3) is 24.3. The van der Waals surface area contributed by atoms with Crippen molar-refractivity contribution in [2.75, 3.05) is 0 Å². The fourth-order valence-electron chi connectivity index (χ4n) is 1.38. The van der Waals surface area contributed by atoms with Crippen LogP contribution in [0.5, 0.6) is 0 Å². The first-order chi connectivity index (χ1) is 9.04. The molecular weight excluding hydrogens is 312 g/mol. The molecule has 122 valence electrons. The molecule has 0 saturated heterocycles. The number of carbonyl (C=O) groups excluding carboxylic acids is 2. The van der Waals surface area contributed by atoms with Crippen LogP contribution in [-0.4, -0.2) is 11.6 Å². The van der Waals surface area contributed by atoms with Crippen molar-refractivity contribution in [3.63, 3.8) is 0 Å². The van der Waals surface area contributed by atoms with Crippen molar-refractivity contribution >= 4 is 11.6 Å². The van der Waals surface area contributed by atoms with Crippen LogP contribution in [0.1, 0.15) is 54.4 Å². The maximum Gasteiger partial charge on any atom is 2.00 e. The first-order valence-corrected chi connectivity index (χ1v) is 6.80. The summed E-state index contributed by atoms with van der Waals surface area (Å²) >= 11 is 0. The van der Waals surface area contributed by atoms with Crippen molar-refractivity contribution in [3.8, 4) is 0 Å². The Morgan fingerprint density at radius 3 is 1.19 bits per heavy atom. The van der Waals surface area contributed by atoms with E-state index in [-0.39, 0.29) is 40.2 Å². The summed E-state index contributed by atoms with van der Waals surface area (Å²) in [6, 6.07) is 0. The zero-order valence-corrected chi connectivity index (χ0v) is 14.8. The second-order valence-corrected chi connectivity index (χ2v) is 5.64. The molecule has 0 aromatic rings. The molecule has 5 heteroatoms. The van der Waals surface area contributed by atoms with Crippen molar-refractivity contribution in [3.05, 3.63) is 23.7 Å². The van der Waals surface area contributed by atoms with Crippen LogP contribution in [0.3, 0.4) is 0 Å². The van der Waals surface area contributed by atoms with E-state index in [0.717, 1.165) is 12.2 Å². The molecule has 0 aromatic carbocycles. The van der Waals surface area contributed by atoms with E-state index in [9.17, 15) is 19.8 Å². The number of hydrogen-bond acceptors (Lipinski definition) is 4. The van der Waals surface area contributed by atoms with Gasteiger partial charge in [-0.3, -0.25) is 9.59 Å². The van der Waals surface area contributed by atoms with Crippen molar-refractivity contribution in [2.45, 2.75) is 54.4 Å². The zero-order valence-electron chi connectivity index (χ0n) is 13.7. The van der Waals surface area contributed by atoms with Gasteiger partial charge >= 0.3 is 17.1 Å². The maximum absolute atomic E-state index is 10.8. The third-order valence-electron chi connectivity index (χ3n) is 1.95. The topological polar surface area (TPSA) is 80.3 Å². The van der Waals surface area contributed by atoms with E-state index in [0.29, 0.717) is 24.7 Å². The van der Waals surface area contributed by atoms with Gasteiger partial charge in [0.15, 0.2) is 11.6 Å². The van der Waals surface area contributed by atoms with Gasteiger partial charge in [-0.15, -0.1) is 11.5 Å². The van der Waals surface area contributed by atoms with E-state index in [1.54, 1.807) is 0 Å². The summed E-state index contributed by atoms with van der Waals surface area (Å²) in [4.78, 5) is 20.7. The summed E-state index contributed by atoms with van der Waals surface area (Å²) in [7, 11) is 0. The molecule has 21 heavy (non-hydrogen) atoms. The van der Waals surface area contributed by atoms with E-state index >= 15 is 0 Å². The molecule has 0 aliphatic carbocycles. The Bertz CT molecular complexity index is 332. The molecule has 0 unspecified atom stereocenters. The van der Waals surface area contributed by atoms with Crippen LogP contribution in [0.4, 0.5) is 0 Å². The van der Waals surface area contributed by atoms with Crippen LogP contribution in [0.15, 0.2) is 23.7 Å². The van der Waals surface area contributed by atoms with Gasteiger partial charge in [0.2, 0.25) is 0 Å². The zero-order chi connectivity index (χ0) is 16.3. The molecule has 0 aromatic heterocycles. The molecule has 0 heterocycles. The van der Waals surface area contributed by atoms with Crippen LogP contribution in [-0.2, 0) is 26.7 Å². The molecular formula is C16H26FeO4. The van der Waals surface area contributed by atoms with Gasteiger partial charge in [0.25, 0.3) is 0 Å². The largest absolute Gasteiger partial charge is 2.00 e. The van der Waals surface area contributed by atoms with Gasteiger partial charge in [0.05, 0.1) is 0 Å².